The first-order valence-corrected chi connectivity index (χ1v) is 18.2. The van der Waals surface area contributed by atoms with E-state index in [-0.39, 0.29) is 12.1 Å². The number of halogens is 3. The second-order valence-corrected chi connectivity index (χ2v) is 14.0. The fourth-order valence-electron chi connectivity index (χ4n) is 7.36. The zero-order chi connectivity index (χ0) is 35.3. The molecule has 0 spiro atoms. The summed E-state index contributed by atoms with van der Waals surface area (Å²) in [7, 11) is 0. The number of carboxylic acids is 1. The second-order valence-electron chi connectivity index (χ2n) is 14.0. The van der Waals surface area contributed by atoms with Gasteiger partial charge in [0.25, 0.3) is 0 Å². The van der Waals surface area contributed by atoms with Crippen molar-refractivity contribution in [2.75, 3.05) is 13.1 Å². The van der Waals surface area contributed by atoms with E-state index in [0.717, 1.165) is 51.9 Å². The number of benzene rings is 3. The fraction of sp³-hybridized carbons (Fsp3) is 0.500. The summed E-state index contributed by atoms with van der Waals surface area (Å²) < 4.78 is 31.7. The van der Waals surface area contributed by atoms with Crippen molar-refractivity contribution in [3.63, 3.8) is 0 Å². The number of nitrogens with zero attached hydrogens (tertiary/aromatic N) is 2. The zero-order valence-corrected chi connectivity index (χ0v) is 28.8. The van der Waals surface area contributed by atoms with Crippen LogP contribution >= 0.6 is 0 Å². The predicted octanol–water partition coefficient (Wildman–Crippen LogP) is 8.53. The molecule has 2 amide bonds. The highest BCUT2D eigenvalue weighted by molar-refractivity contribution is 5.75. The molecule has 10 heteroatoms. The lowest BCUT2D eigenvalue weighted by Crippen LogP contribution is -2.52. The molecule has 2 saturated carbocycles. The molecule has 0 unspecified atom stereocenters. The predicted molar refractivity (Wildman–Crippen MR) is 190 cm³/mol. The molecule has 0 aromatic heterocycles. The van der Waals surface area contributed by atoms with Gasteiger partial charge in [0.1, 0.15) is 0 Å². The number of nitrogens with one attached hydrogen (secondary N) is 2. The minimum absolute atomic E-state index is 0.123. The van der Waals surface area contributed by atoms with Crippen molar-refractivity contribution in [3.8, 4) is 11.1 Å². The number of rotatable bonds is 10. The van der Waals surface area contributed by atoms with Crippen LogP contribution in [0.15, 0.2) is 78.9 Å². The summed E-state index contributed by atoms with van der Waals surface area (Å²) >= 11 is 0. The van der Waals surface area contributed by atoms with E-state index in [9.17, 15) is 18.0 Å². The Labute approximate surface area is 294 Å². The van der Waals surface area contributed by atoms with E-state index in [1.807, 2.05) is 0 Å². The maximum atomic E-state index is 13.8. The zero-order valence-electron chi connectivity index (χ0n) is 28.8. The Morgan fingerprint density at radius 3 is 1.96 bits per heavy atom. The number of carboxylic acid groups (broad SMARTS) is 1. The summed E-state index contributed by atoms with van der Waals surface area (Å²) in [5.74, 6) is -2.76. The molecule has 270 valence electrons. The van der Waals surface area contributed by atoms with Crippen LogP contribution in [0.3, 0.4) is 0 Å². The molecule has 3 aromatic rings. The molecule has 2 aliphatic carbocycles. The molecule has 1 saturated heterocycles. The van der Waals surface area contributed by atoms with Crippen LogP contribution in [-0.2, 0) is 24.4 Å². The van der Waals surface area contributed by atoms with Crippen molar-refractivity contribution in [1.29, 1.82) is 0 Å². The molecule has 1 heterocycles. The highest BCUT2D eigenvalue weighted by Crippen LogP contribution is 2.26. The Morgan fingerprint density at radius 2 is 1.32 bits per heavy atom. The van der Waals surface area contributed by atoms with Crippen LogP contribution < -0.4 is 10.6 Å². The maximum absolute atomic E-state index is 13.8. The lowest BCUT2D eigenvalue weighted by molar-refractivity contribution is -0.192. The Morgan fingerprint density at radius 1 is 0.720 bits per heavy atom. The maximum Gasteiger partial charge on any atom is 0.490 e. The van der Waals surface area contributed by atoms with E-state index >= 15 is 0 Å². The number of aliphatic carboxylic acids is 1. The van der Waals surface area contributed by atoms with Crippen LogP contribution in [0.1, 0.15) is 87.3 Å². The van der Waals surface area contributed by atoms with Gasteiger partial charge in [-0.15, -0.1) is 0 Å². The minimum atomic E-state index is -5.08. The first-order valence-electron chi connectivity index (χ1n) is 18.2. The molecule has 3 aromatic carbocycles. The third kappa shape index (κ3) is 11.6. The van der Waals surface area contributed by atoms with Gasteiger partial charge in [0.05, 0.1) is 0 Å². The first kappa shape index (κ1) is 37.4. The number of carbonyl (C=O) groups is 2. The van der Waals surface area contributed by atoms with E-state index in [1.165, 1.54) is 72.8 Å². The Hall–Kier alpha value is -3.89. The molecule has 3 N–H and O–H groups in total. The summed E-state index contributed by atoms with van der Waals surface area (Å²) in [6.45, 7) is 4.63. The number of hydrogen-bond acceptors (Lipinski definition) is 4. The van der Waals surface area contributed by atoms with Crippen molar-refractivity contribution < 1.29 is 27.9 Å². The topological polar surface area (TPSA) is 84.9 Å². The van der Waals surface area contributed by atoms with Gasteiger partial charge in [-0.2, -0.15) is 13.2 Å². The smallest absolute Gasteiger partial charge is 0.475 e. The van der Waals surface area contributed by atoms with Gasteiger partial charge in [-0.05, 0) is 72.4 Å². The van der Waals surface area contributed by atoms with Gasteiger partial charge in [-0.3, -0.25) is 4.90 Å². The van der Waals surface area contributed by atoms with Gasteiger partial charge in [-0.1, -0.05) is 105 Å². The summed E-state index contributed by atoms with van der Waals surface area (Å²) in [5, 5.41) is 14.3. The minimum Gasteiger partial charge on any atom is -0.475 e. The normalized spacial score (nSPS) is 17.9. The Bertz CT molecular complexity index is 1480. The van der Waals surface area contributed by atoms with Crippen LogP contribution in [0.4, 0.5) is 18.0 Å². The van der Waals surface area contributed by atoms with Crippen molar-refractivity contribution in [3.05, 3.63) is 95.6 Å². The van der Waals surface area contributed by atoms with Crippen LogP contribution in [0, 0.1) is 0 Å². The molecule has 0 bridgehead atoms. The highest BCUT2D eigenvalue weighted by Gasteiger charge is 2.38. The average molecular weight is 693 g/mol. The lowest BCUT2D eigenvalue weighted by atomic mass is 9.95. The number of alkyl halides is 3. The second kappa shape index (κ2) is 18.4. The third-order valence-electron chi connectivity index (χ3n) is 10.2. The van der Waals surface area contributed by atoms with E-state index < -0.39 is 12.1 Å². The summed E-state index contributed by atoms with van der Waals surface area (Å²) in [6.07, 6.45) is 8.25. The summed E-state index contributed by atoms with van der Waals surface area (Å²) in [5.41, 5.74) is 6.37. The van der Waals surface area contributed by atoms with Gasteiger partial charge < -0.3 is 20.6 Å². The highest BCUT2D eigenvalue weighted by atomic mass is 19.4. The van der Waals surface area contributed by atoms with E-state index in [2.05, 4.69) is 99.3 Å². The number of likely N-dealkylation sites (tertiary alicyclic amines) is 1. The Balaban J connectivity index is 0.000000630. The van der Waals surface area contributed by atoms with Gasteiger partial charge in [0, 0.05) is 50.8 Å². The Kier molecular flexibility index (Phi) is 13.7. The monoisotopic (exact) mass is 692 g/mol. The van der Waals surface area contributed by atoms with Crippen LogP contribution in [0.25, 0.3) is 11.1 Å². The molecular weight excluding hydrogens is 641 g/mol. The SMILES string of the molecule is O=C(NC1CCCCC1)N(Cc1cccc(-c2ccc(CNC3CCCC3)cc2)c1)C1CCN(Cc2ccccc2)CC1.O=C(O)C(F)(F)F. The van der Waals surface area contributed by atoms with Crippen LogP contribution in [-0.4, -0.2) is 64.3 Å². The van der Waals surface area contributed by atoms with Crippen LogP contribution in [0.5, 0.6) is 0 Å². The fourth-order valence-corrected chi connectivity index (χ4v) is 7.36. The number of carbonyl (C=O) groups excluding carboxylic acids is 1. The van der Waals surface area contributed by atoms with Gasteiger partial charge in [0.15, 0.2) is 0 Å². The lowest BCUT2D eigenvalue weighted by Gasteiger charge is -2.39. The first-order chi connectivity index (χ1) is 24.1. The molecule has 1 aliphatic heterocycles. The van der Waals surface area contributed by atoms with Crippen LogP contribution in [0.2, 0.25) is 0 Å². The third-order valence-corrected chi connectivity index (χ3v) is 10.2. The average Bonchev–Trinajstić information content (AvgIpc) is 3.65. The number of hydrogen-bond donors (Lipinski definition) is 3. The molecule has 50 heavy (non-hydrogen) atoms. The van der Waals surface area contributed by atoms with E-state index in [0.29, 0.717) is 18.6 Å². The largest absolute Gasteiger partial charge is 0.490 e. The van der Waals surface area contributed by atoms with Crippen molar-refractivity contribution in [2.24, 2.45) is 0 Å². The van der Waals surface area contributed by atoms with Crippen molar-refractivity contribution in [1.82, 2.24) is 20.4 Å². The standard InChI is InChI=1S/C38H50N4O.C2HF3O2/c43-38(40-36-16-5-2-6-17-36)42(37-22-24-41(25-23-37)28-31-10-3-1-4-11-31)29-32-12-9-13-34(26-32)33-20-18-30(19-21-33)27-39-35-14-7-8-15-35;3-2(4,5)1(6)7/h1,3-4,9-13,18-21,26,35-37,39H,2,5-8,14-17,22-25,27-29H2,(H,40,43);(H,6,7). The molecule has 0 radical (unpaired) electrons. The molecule has 3 fully saturated rings. The molecule has 3 aliphatic rings. The van der Waals surface area contributed by atoms with E-state index in [4.69, 9.17) is 9.90 Å². The number of urea groups is 1. The molecule has 7 nitrogen and oxygen atoms in total. The van der Waals surface area contributed by atoms with Crippen molar-refractivity contribution >= 4 is 12.0 Å². The van der Waals surface area contributed by atoms with Gasteiger partial charge >= 0.3 is 18.2 Å². The molecule has 6 rings (SSSR count). The van der Waals surface area contributed by atoms with E-state index in [1.54, 1.807) is 0 Å². The quantitative estimate of drug-likeness (QED) is 0.198. The molecule has 0 atom stereocenters. The summed E-state index contributed by atoms with van der Waals surface area (Å²) in [4.78, 5) is 27.4. The number of amides is 2. The van der Waals surface area contributed by atoms with Crippen molar-refractivity contribution in [2.45, 2.75) is 115 Å². The van der Waals surface area contributed by atoms with Gasteiger partial charge in [-0.25, -0.2) is 9.59 Å². The molecular formula is C40H51F3N4O3. The summed E-state index contributed by atoms with van der Waals surface area (Å²) in [6, 6.07) is 30.0. The van der Waals surface area contributed by atoms with Gasteiger partial charge in [0.2, 0.25) is 0 Å². The number of piperidine rings is 1.